The van der Waals surface area contributed by atoms with E-state index < -0.39 is 0 Å². The molecule has 0 aliphatic carbocycles. The maximum Gasteiger partial charge on any atom is 0.205 e. The van der Waals surface area contributed by atoms with E-state index in [4.69, 9.17) is 5.73 Å². The summed E-state index contributed by atoms with van der Waals surface area (Å²) >= 11 is 0. The van der Waals surface area contributed by atoms with Crippen LogP contribution in [0.1, 0.15) is 33.1 Å². The van der Waals surface area contributed by atoms with Crippen LogP contribution in [0.4, 0.5) is 5.95 Å². The van der Waals surface area contributed by atoms with E-state index in [0.717, 1.165) is 25.6 Å². The molecule has 1 atom stereocenters. The lowest BCUT2D eigenvalue weighted by Crippen LogP contribution is -2.45. The lowest BCUT2D eigenvalue weighted by atomic mass is 10.0. The van der Waals surface area contributed by atoms with Crippen LogP contribution in [0.3, 0.4) is 0 Å². The van der Waals surface area contributed by atoms with Gasteiger partial charge in [0.2, 0.25) is 5.95 Å². The first-order valence-electron chi connectivity index (χ1n) is 6.70. The number of rotatable bonds is 4. The molecule has 0 bridgehead atoms. The maximum absolute atomic E-state index is 5.87. The van der Waals surface area contributed by atoms with Crippen molar-refractivity contribution in [3.63, 3.8) is 0 Å². The van der Waals surface area contributed by atoms with E-state index in [1.54, 1.807) is 0 Å². The minimum Gasteiger partial charge on any atom is -0.338 e. The second-order valence-electron chi connectivity index (χ2n) is 5.35. The highest BCUT2D eigenvalue weighted by Gasteiger charge is 2.24. The van der Waals surface area contributed by atoms with Crippen LogP contribution in [0.25, 0.3) is 0 Å². The number of hydrogen-bond donors (Lipinski definition) is 1. The van der Waals surface area contributed by atoms with Crippen LogP contribution < -0.4 is 10.6 Å². The van der Waals surface area contributed by atoms with Crippen molar-refractivity contribution in [2.24, 2.45) is 11.7 Å². The fraction of sp³-hybridized carbons (Fsp3) is 0.769. The van der Waals surface area contributed by atoms with Gasteiger partial charge in [-0.3, -0.25) is 0 Å². The zero-order valence-electron chi connectivity index (χ0n) is 11.0. The van der Waals surface area contributed by atoms with Crippen molar-refractivity contribution in [2.45, 2.75) is 45.7 Å². The highest BCUT2D eigenvalue weighted by molar-refractivity contribution is 5.34. The Morgan fingerprint density at radius 1 is 1.47 bits per heavy atom. The molecule has 2 N–H and O–H groups in total. The Balaban J connectivity index is 2.16. The minimum absolute atomic E-state index is 0.470. The summed E-state index contributed by atoms with van der Waals surface area (Å²) in [5.41, 5.74) is 5.87. The molecular weight excluding hydrogens is 212 g/mol. The van der Waals surface area contributed by atoms with E-state index >= 15 is 0 Å². The lowest BCUT2D eigenvalue weighted by Gasteiger charge is -2.36. The highest BCUT2D eigenvalue weighted by atomic mass is 15.3. The van der Waals surface area contributed by atoms with Gasteiger partial charge in [-0.1, -0.05) is 13.8 Å². The number of hydrogen-bond acceptors (Lipinski definition) is 3. The maximum atomic E-state index is 5.87. The van der Waals surface area contributed by atoms with E-state index in [-0.39, 0.29) is 0 Å². The molecule has 0 saturated carbocycles. The van der Waals surface area contributed by atoms with Gasteiger partial charge in [-0.25, -0.2) is 4.98 Å². The Hall–Kier alpha value is -1.03. The van der Waals surface area contributed by atoms with Crippen LogP contribution in [-0.2, 0) is 6.54 Å². The average molecular weight is 236 g/mol. The SMILES string of the molecule is CC(C)Cn1ccnc1N1CCCCC1CN. The first-order chi connectivity index (χ1) is 8.22. The Morgan fingerprint density at radius 2 is 2.29 bits per heavy atom. The second kappa shape index (κ2) is 5.54. The summed E-state index contributed by atoms with van der Waals surface area (Å²) in [7, 11) is 0. The van der Waals surface area contributed by atoms with Crippen molar-refractivity contribution in [2.75, 3.05) is 18.0 Å². The molecule has 2 heterocycles. The molecule has 1 saturated heterocycles. The van der Waals surface area contributed by atoms with Crippen molar-refractivity contribution < 1.29 is 0 Å². The number of imidazole rings is 1. The van der Waals surface area contributed by atoms with Crippen LogP contribution in [-0.4, -0.2) is 28.7 Å². The van der Waals surface area contributed by atoms with Gasteiger partial charge in [0.25, 0.3) is 0 Å². The largest absolute Gasteiger partial charge is 0.338 e. The first-order valence-corrected chi connectivity index (χ1v) is 6.70. The number of anilines is 1. The van der Waals surface area contributed by atoms with Gasteiger partial charge in [0, 0.05) is 38.1 Å². The zero-order valence-corrected chi connectivity index (χ0v) is 11.0. The fourth-order valence-electron chi connectivity index (χ4n) is 2.61. The van der Waals surface area contributed by atoms with Crippen LogP contribution in [0.2, 0.25) is 0 Å². The molecular formula is C13H24N4. The molecule has 17 heavy (non-hydrogen) atoms. The molecule has 4 nitrogen and oxygen atoms in total. The quantitative estimate of drug-likeness (QED) is 0.868. The number of nitrogens with zero attached hydrogens (tertiary/aromatic N) is 3. The summed E-state index contributed by atoms with van der Waals surface area (Å²) in [5, 5.41) is 0. The van der Waals surface area contributed by atoms with Crippen LogP contribution in [0.5, 0.6) is 0 Å². The van der Waals surface area contributed by atoms with Crippen molar-refractivity contribution in [3.8, 4) is 0 Å². The molecule has 1 aliphatic heterocycles. The number of aromatic nitrogens is 2. The second-order valence-corrected chi connectivity index (χ2v) is 5.35. The van der Waals surface area contributed by atoms with Crippen molar-refractivity contribution >= 4 is 5.95 Å². The molecule has 0 radical (unpaired) electrons. The van der Waals surface area contributed by atoms with E-state index in [9.17, 15) is 0 Å². The third-order valence-electron chi connectivity index (χ3n) is 3.41. The third-order valence-corrected chi connectivity index (χ3v) is 3.41. The van der Waals surface area contributed by atoms with Gasteiger partial charge in [0.1, 0.15) is 0 Å². The van der Waals surface area contributed by atoms with E-state index in [1.165, 1.54) is 19.3 Å². The lowest BCUT2D eigenvalue weighted by molar-refractivity contribution is 0.441. The molecule has 0 spiro atoms. The van der Waals surface area contributed by atoms with Crippen LogP contribution >= 0.6 is 0 Å². The summed E-state index contributed by atoms with van der Waals surface area (Å²) in [6.07, 6.45) is 7.73. The molecule has 1 fully saturated rings. The van der Waals surface area contributed by atoms with Crippen molar-refractivity contribution in [1.82, 2.24) is 9.55 Å². The van der Waals surface area contributed by atoms with Gasteiger partial charge in [-0.15, -0.1) is 0 Å². The summed E-state index contributed by atoms with van der Waals surface area (Å²) < 4.78 is 2.26. The monoisotopic (exact) mass is 236 g/mol. The normalized spacial score (nSPS) is 21.2. The standard InChI is InChI=1S/C13H24N4/c1-11(2)10-16-8-6-15-13(16)17-7-4-3-5-12(17)9-14/h6,8,11-12H,3-5,7,9-10,14H2,1-2H3. The molecule has 1 aromatic heterocycles. The van der Waals surface area contributed by atoms with E-state index in [1.807, 2.05) is 6.20 Å². The molecule has 2 rings (SSSR count). The van der Waals surface area contributed by atoms with Gasteiger partial charge >= 0.3 is 0 Å². The van der Waals surface area contributed by atoms with Gasteiger partial charge < -0.3 is 15.2 Å². The molecule has 1 aliphatic rings. The number of nitrogens with two attached hydrogens (primary N) is 1. The fourth-order valence-corrected chi connectivity index (χ4v) is 2.61. The van der Waals surface area contributed by atoms with Gasteiger partial charge in [0.15, 0.2) is 0 Å². The third kappa shape index (κ3) is 2.80. The Morgan fingerprint density at radius 3 is 3.00 bits per heavy atom. The van der Waals surface area contributed by atoms with E-state index in [0.29, 0.717) is 12.0 Å². The van der Waals surface area contributed by atoms with Gasteiger partial charge in [-0.05, 0) is 25.2 Å². The molecule has 4 heteroatoms. The summed E-state index contributed by atoms with van der Waals surface area (Å²) in [4.78, 5) is 6.92. The molecule has 0 aromatic carbocycles. The van der Waals surface area contributed by atoms with Crippen molar-refractivity contribution in [3.05, 3.63) is 12.4 Å². The highest BCUT2D eigenvalue weighted by Crippen LogP contribution is 2.23. The first kappa shape index (κ1) is 12.4. The smallest absolute Gasteiger partial charge is 0.205 e. The van der Waals surface area contributed by atoms with Gasteiger partial charge in [0.05, 0.1) is 0 Å². The summed E-state index contributed by atoms with van der Waals surface area (Å²) in [6.45, 7) is 7.33. The predicted molar refractivity (Wildman–Crippen MR) is 71.1 cm³/mol. The molecule has 96 valence electrons. The number of piperidine rings is 1. The Bertz CT molecular complexity index is 345. The Labute approximate surface area is 104 Å². The molecule has 1 aromatic rings. The Kier molecular flexibility index (Phi) is 4.05. The predicted octanol–water partition coefficient (Wildman–Crippen LogP) is 1.86. The van der Waals surface area contributed by atoms with E-state index in [2.05, 4.69) is 34.5 Å². The van der Waals surface area contributed by atoms with Gasteiger partial charge in [-0.2, -0.15) is 0 Å². The molecule has 1 unspecified atom stereocenters. The minimum atomic E-state index is 0.470. The summed E-state index contributed by atoms with van der Waals surface area (Å²) in [6, 6.07) is 0.470. The van der Waals surface area contributed by atoms with Crippen LogP contribution in [0, 0.1) is 5.92 Å². The zero-order chi connectivity index (χ0) is 12.3. The average Bonchev–Trinajstić information content (AvgIpc) is 2.76. The summed E-state index contributed by atoms with van der Waals surface area (Å²) in [5.74, 6) is 1.75. The topological polar surface area (TPSA) is 47.1 Å². The van der Waals surface area contributed by atoms with Crippen molar-refractivity contribution in [1.29, 1.82) is 0 Å². The van der Waals surface area contributed by atoms with Crippen LogP contribution in [0.15, 0.2) is 12.4 Å². The molecule has 0 amide bonds.